The minimum absolute atomic E-state index is 0.529. The number of aryl methyl sites for hydroxylation is 2. The van der Waals surface area contributed by atoms with Gasteiger partial charge >= 0.3 is 0 Å². The van der Waals surface area contributed by atoms with E-state index in [4.69, 9.17) is 4.98 Å². The van der Waals surface area contributed by atoms with E-state index in [-0.39, 0.29) is 0 Å². The molecule has 1 aliphatic heterocycles. The Kier molecular flexibility index (Phi) is 3.18. The molecule has 2 nitrogen and oxygen atoms in total. The normalized spacial score (nSPS) is 19.3. The zero-order valence-corrected chi connectivity index (χ0v) is 11.7. The van der Waals surface area contributed by atoms with Crippen molar-refractivity contribution in [1.29, 1.82) is 0 Å². The molecule has 1 aliphatic rings. The molecule has 3 rings (SSSR count). The Labute approximate surface area is 112 Å². The van der Waals surface area contributed by atoms with Crippen LogP contribution in [0.1, 0.15) is 35.0 Å². The fraction of sp³-hybridized carbons (Fsp3) is 0.400. The van der Waals surface area contributed by atoms with Gasteiger partial charge in [0.1, 0.15) is 5.01 Å². The summed E-state index contributed by atoms with van der Waals surface area (Å²) in [6.07, 6.45) is 2.53. The molecular weight excluding hydrogens is 240 g/mol. The summed E-state index contributed by atoms with van der Waals surface area (Å²) >= 11 is 1.84. The van der Waals surface area contributed by atoms with Crippen molar-refractivity contribution in [3.63, 3.8) is 0 Å². The molecule has 18 heavy (non-hydrogen) atoms. The highest BCUT2D eigenvalue weighted by molar-refractivity contribution is 7.15. The zero-order valence-electron chi connectivity index (χ0n) is 10.9. The third kappa shape index (κ3) is 2.20. The van der Waals surface area contributed by atoms with Crippen molar-refractivity contribution in [2.24, 2.45) is 0 Å². The van der Waals surface area contributed by atoms with Crippen LogP contribution in [0.15, 0.2) is 24.3 Å². The van der Waals surface area contributed by atoms with Crippen molar-refractivity contribution in [2.45, 2.75) is 32.7 Å². The van der Waals surface area contributed by atoms with Gasteiger partial charge in [0.25, 0.3) is 0 Å². The van der Waals surface area contributed by atoms with E-state index in [0.717, 1.165) is 11.6 Å². The third-order valence-corrected chi connectivity index (χ3v) is 4.79. The van der Waals surface area contributed by atoms with E-state index in [2.05, 4.69) is 43.4 Å². The van der Waals surface area contributed by atoms with Crippen LogP contribution in [-0.2, 0) is 0 Å². The predicted molar refractivity (Wildman–Crippen MR) is 77.0 cm³/mol. The molecule has 0 aliphatic carbocycles. The lowest BCUT2D eigenvalue weighted by Gasteiger charge is -2.07. The Bertz CT molecular complexity index is 553. The molecule has 0 saturated carbocycles. The Hall–Kier alpha value is -1.19. The van der Waals surface area contributed by atoms with Gasteiger partial charge in [-0.2, -0.15) is 0 Å². The first kappa shape index (κ1) is 11.9. The molecule has 0 radical (unpaired) electrons. The number of thiazole rings is 1. The molecule has 94 valence electrons. The minimum Gasteiger partial charge on any atom is -0.309 e. The summed E-state index contributed by atoms with van der Waals surface area (Å²) in [6.45, 7) is 5.40. The van der Waals surface area contributed by atoms with Gasteiger partial charge in [0.15, 0.2) is 0 Å². The number of rotatable bonds is 2. The zero-order chi connectivity index (χ0) is 12.5. The van der Waals surface area contributed by atoms with Crippen LogP contribution in [0.5, 0.6) is 0 Å². The summed E-state index contributed by atoms with van der Waals surface area (Å²) in [7, 11) is 0. The highest BCUT2D eigenvalue weighted by Crippen LogP contribution is 2.35. The number of benzene rings is 1. The number of nitrogens with one attached hydrogen (secondary N) is 1. The Morgan fingerprint density at radius 3 is 2.94 bits per heavy atom. The average Bonchev–Trinajstić information content (AvgIpc) is 2.97. The van der Waals surface area contributed by atoms with E-state index in [0.29, 0.717) is 6.04 Å². The highest BCUT2D eigenvalue weighted by Gasteiger charge is 2.21. The molecule has 2 aromatic rings. The van der Waals surface area contributed by atoms with Gasteiger partial charge in [0, 0.05) is 16.5 Å². The number of hydrogen-bond donors (Lipinski definition) is 1. The molecule has 1 atom stereocenters. The van der Waals surface area contributed by atoms with E-state index < -0.39 is 0 Å². The molecule has 0 spiro atoms. The lowest BCUT2D eigenvalue weighted by atomic mass is 10.1. The maximum Gasteiger partial charge on any atom is 0.123 e. The topological polar surface area (TPSA) is 24.9 Å². The van der Waals surface area contributed by atoms with E-state index in [1.54, 1.807) is 0 Å². The number of hydrogen-bond acceptors (Lipinski definition) is 3. The van der Waals surface area contributed by atoms with Crippen LogP contribution in [0.4, 0.5) is 0 Å². The maximum absolute atomic E-state index is 4.75. The van der Waals surface area contributed by atoms with Crippen LogP contribution >= 0.6 is 11.3 Å². The number of nitrogens with zero attached hydrogens (tertiary/aromatic N) is 1. The van der Waals surface area contributed by atoms with E-state index in [1.807, 2.05) is 11.3 Å². The SMILES string of the molecule is Cc1cccc(-c2nc(C)c(C3CCCN3)s2)c1. The Morgan fingerprint density at radius 1 is 1.33 bits per heavy atom. The first-order valence-corrected chi connectivity index (χ1v) is 7.33. The average molecular weight is 258 g/mol. The second-order valence-corrected chi connectivity index (χ2v) is 6.02. The van der Waals surface area contributed by atoms with Gasteiger partial charge in [0.05, 0.1) is 5.69 Å². The first-order valence-electron chi connectivity index (χ1n) is 6.52. The van der Waals surface area contributed by atoms with Gasteiger partial charge in [-0.15, -0.1) is 11.3 Å². The van der Waals surface area contributed by atoms with Crippen molar-refractivity contribution >= 4 is 11.3 Å². The predicted octanol–water partition coefficient (Wildman–Crippen LogP) is 3.85. The molecule has 1 fully saturated rings. The van der Waals surface area contributed by atoms with Gasteiger partial charge < -0.3 is 5.32 Å². The summed E-state index contributed by atoms with van der Waals surface area (Å²) in [6, 6.07) is 9.13. The summed E-state index contributed by atoms with van der Waals surface area (Å²) in [5.41, 5.74) is 3.73. The van der Waals surface area contributed by atoms with Gasteiger partial charge in [-0.3, -0.25) is 0 Å². The fourth-order valence-corrected chi connectivity index (χ4v) is 3.71. The van der Waals surface area contributed by atoms with Crippen molar-refractivity contribution in [2.75, 3.05) is 6.54 Å². The van der Waals surface area contributed by atoms with Gasteiger partial charge in [-0.05, 0) is 39.3 Å². The lowest BCUT2D eigenvalue weighted by Crippen LogP contribution is -2.12. The molecule has 1 aromatic carbocycles. The quantitative estimate of drug-likeness (QED) is 0.885. The molecule has 1 saturated heterocycles. The molecule has 1 unspecified atom stereocenters. The minimum atomic E-state index is 0.529. The van der Waals surface area contributed by atoms with Gasteiger partial charge in [0.2, 0.25) is 0 Å². The molecule has 1 aromatic heterocycles. The smallest absolute Gasteiger partial charge is 0.123 e. The molecule has 3 heteroatoms. The molecule has 0 amide bonds. The van der Waals surface area contributed by atoms with E-state index in [9.17, 15) is 0 Å². The van der Waals surface area contributed by atoms with Crippen molar-refractivity contribution in [3.8, 4) is 10.6 Å². The van der Waals surface area contributed by atoms with Crippen molar-refractivity contribution < 1.29 is 0 Å². The summed E-state index contributed by atoms with van der Waals surface area (Å²) in [5, 5.41) is 4.71. The van der Waals surface area contributed by atoms with Crippen LogP contribution in [0.3, 0.4) is 0 Å². The van der Waals surface area contributed by atoms with Crippen molar-refractivity contribution in [3.05, 3.63) is 40.4 Å². The Morgan fingerprint density at radius 2 is 2.22 bits per heavy atom. The monoisotopic (exact) mass is 258 g/mol. The van der Waals surface area contributed by atoms with E-state index >= 15 is 0 Å². The summed E-state index contributed by atoms with van der Waals surface area (Å²) < 4.78 is 0. The summed E-state index contributed by atoms with van der Waals surface area (Å²) in [5.74, 6) is 0. The molecular formula is C15H18N2S. The first-order chi connectivity index (χ1) is 8.74. The van der Waals surface area contributed by atoms with Crippen LogP contribution < -0.4 is 5.32 Å². The second kappa shape index (κ2) is 4.82. The van der Waals surface area contributed by atoms with Crippen LogP contribution in [0, 0.1) is 13.8 Å². The second-order valence-electron chi connectivity index (χ2n) is 4.99. The maximum atomic E-state index is 4.75. The molecule has 2 heterocycles. The van der Waals surface area contributed by atoms with Crippen LogP contribution in [0.25, 0.3) is 10.6 Å². The fourth-order valence-electron chi connectivity index (χ4n) is 2.54. The molecule has 0 bridgehead atoms. The van der Waals surface area contributed by atoms with Crippen molar-refractivity contribution in [1.82, 2.24) is 10.3 Å². The van der Waals surface area contributed by atoms with Gasteiger partial charge in [-0.1, -0.05) is 23.8 Å². The van der Waals surface area contributed by atoms with Crippen LogP contribution in [-0.4, -0.2) is 11.5 Å². The largest absolute Gasteiger partial charge is 0.309 e. The third-order valence-electron chi connectivity index (χ3n) is 3.47. The number of aromatic nitrogens is 1. The lowest BCUT2D eigenvalue weighted by molar-refractivity contribution is 0.654. The standard InChI is InChI=1S/C15H18N2S/c1-10-5-3-6-12(9-10)15-17-11(2)14(18-15)13-7-4-8-16-13/h3,5-6,9,13,16H,4,7-8H2,1-2H3. The highest BCUT2D eigenvalue weighted by atomic mass is 32.1. The Balaban J connectivity index is 1.96. The van der Waals surface area contributed by atoms with Crippen LogP contribution in [0.2, 0.25) is 0 Å². The van der Waals surface area contributed by atoms with E-state index in [1.165, 1.54) is 34.5 Å². The molecule has 1 N–H and O–H groups in total. The summed E-state index contributed by atoms with van der Waals surface area (Å²) in [4.78, 5) is 6.17. The van der Waals surface area contributed by atoms with Gasteiger partial charge in [-0.25, -0.2) is 4.98 Å².